The van der Waals surface area contributed by atoms with Gasteiger partial charge >= 0.3 is 5.51 Å². The number of thioether (sulfide) groups is 1. The second-order valence-electron chi connectivity index (χ2n) is 6.04. The zero-order chi connectivity index (χ0) is 21.8. The molecule has 0 spiro atoms. The van der Waals surface area contributed by atoms with Gasteiger partial charge in [0.15, 0.2) is 9.84 Å². The number of hydrogen-bond acceptors (Lipinski definition) is 7. The summed E-state index contributed by atoms with van der Waals surface area (Å²) in [5.74, 6) is 0.835. The maximum atomic E-state index is 12.4. The number of nitrogens with zero attached hydrogens (tertiary/aromatic N) is 2. The maximum Gasteiger partial charge on any atom is 0.446 e. The molecule has 1 heterocycles. The molecule has 0 saturated carbocycles. The first-order valence-electron chi connectivity index (χ1n) is 8.69. The summed E-state index contributed by atoms with van der Waals surface area (Å²) in [7, 11) is -3.33. The third-order valence-electron chi connectivity index (χ3n) is 3.87. The Balaban J connectivity index is 1.72. The van der Waals surface area contributed by atoms with Crippen LogP contribution in [0.15, 0.2) is 70.7 Å². The van der Waals surface area contributed by atoms with Gasteiger partial charge in [0.1, 0.15) is 18.0 Å². The molecule has 3 rings (SSSR count). The minimum atomic E-state index is -4.34. The number of benzene rings is 2. The largest absolute Gasteiger partial charge is 0.446 e. The van der Waals surface area contributed by atoms with Crippen LogP contribution in [0, 0.1) is 0 Å². The topological polar surface area (TPSA) is 84.0 Å². The van der Waals surface area contributed by atoms with Gasteiger partial charge in [-0.05, 0) is 54.2 Å². The lowest BCUT2D eigenvalue weighted by molar-refractivity contribution is -0.0328. The van der Waals surface area contributed by atoms with Crippen LogP contribution in [-0.2, 0) is 9.84 Å². The number of nitrogens with one attached hydrogen (secondary N) is 2. The zero-order valence-electron chi connectivity index (χ0n) is 15.6. The van der Waals surface area contributed by atoms with Crippen molar-refractivity contribution in [3.63, 3.8) is 0 Å². The van der Waals surface area contributed by atoms with Gasteiger partial charge in [-0.3, -0.25) is 0 Å². The van der Waals surface area contributed by atoms with Crippen LogP contribution in [0.3, 0.4) is 0 Å². The number of aromatic nitrogens is 2. The molecule has 0 aliphatic carbocycles. The molecule has 0 aliphatic rings. The first-order chi connectivity index (χ1) is 14.1. The highest BCUT2D eigenvalue weighted by Gasteiger charge is 2.29. The van der Waals surface area contributed by atoms with E-state index in [-0.39, 0.29) is 27.3 Å². The normalized spacial score (nSPS) is 11.9. The fourth-order valence-electron chi connectivity index (χ4n) is 2.46. The van der Waals surface area contributed by atoms with E-state index in [1.54, 1.807) is 25.1 Å². The molecule has 30 heavy (non-hydrogen) atoms. The molecule has 0 aliphatic heterocycles. The van der Waals surface area contributed by atoms with Gasteiger partial charge in [-0.25, -0.2) is 18.4 Å². The highest BCUT2D eigenvalue weighted by atomic mass is 32.2. The summed E-state index contributed by atoms with van der Waals surface area (Å²) in [6.45, 7) is 1.58. The standard InChI is InChI=1S/C19H17F3N4O2S2/c1-2-30(27,28)16-5-3-4-14(10-16)26-18-11-17(23-12-24-18)25-13-6-8-15(9-7-13)29-19(20,21)22/h3-12H,2H2,1H3,(H2,23,24,25,26). The van der Waals surface area contributed by atoms with Gasteiger partial charge in [-0.15, -0.1) is 0 Å². The van der Waals surface area contributed by atoms with Gasteiger partial charge in [-0.1, -0.05) is 13.0 Å². The molecule has 2 aromatic carbocycles. The van der Waals surface area contributed by atoms with Crippen molar-refractivity contribution in [3.8, 4) is 0 Å². The Bertz CT molecular complexity index is 1120. The van der Waals surface area contributed by atoms with E-state index in [4.69, 9.17) is 0 Å². The van der Waals surface area contributed by atoms with Crippen LogP contribution >= 0.6 is 11.8 Å². The van der Waals surface area contributed by atoms with E-state index in [1.807, 2.05) is 0 Å². The predicted octanol–water partition coefficient (Wildman–Crippen LogP) is 5.37. The van der Waals surface area contributed by atoms with Gasteiger partial charge in [0.25, 0.3) is 0 Å². The van der Waals surface area contributed by atoms with E-state index >= 15 is 0 Å². The van der Waals surface area contributed by atoms with E-state index in [2.05, 4.69) is 20.6 Å². The van der Waals surface area contributed by atoms with Crippen LogP contribution < -0.4 is 10.6 Å². The SMILES string of the molecule is CCS(=O)(=O)c1cccc(Nc2cc(Nc3ccc(SC(F)(F)F)cc3)ncn2)c1. The second-order valence-corrected chi connectivity index (χ2v) is 9.46. The fraction of sp³-hybridized carbons (Fsp3) is 0.158. The van der Waals surface area contributed by atoms with Crippen LogP contribution in [0.25, 0.3) is 0 Å². The Labute approximate surface area is 175 Å². The summed E-state index contributed by atoms with van der Waals surface area (Å²) < 4.78 is 61.3. The molecule has 6 nitrogen and oxygen atoms in total. The predicted molar refractivity (Wildman–Crippen MR) is 111 cm³/mol. The Morgan fingerprint density at radius 3 is 2.17 bits per heavy atom. The highest BCUT2D eigenvalue weighted by molar-refractivity contribution is 8.00. The molecule has 0 saturated heterocycles. The number of halogens is 3. The van der Waals surface area contributed by atoms with Crippen molar-refractivity contribution in [3.05, 3.63) is 60.9 Å². The summed E-state index contributed by atoms with van der Waals surface area (Å²) in [4.78, 5) is 8.48. The van der Waals surface area contributed by atoms with E-state index in [1.165, 1.54) is 42.7 Å². The summed E-state index contributed by atoms with van der Waals surface area (Å²) in [6.07, 6.45) is 1.31. The van der Waals surface area contributed by atoms with E-state index in [0.717, 1.165) is 0 Å². The van der Waals surface area contributed by atoms with Gasteiger partial charge in [-0.2, -0.15) is 13.2 Å². The van der Waals surface area contributed by atoms with E-state index in [0.29, 0.717) is 23.0 Å². The Morgan fingerprint density at radius 2 is 1.57 bits per heavy atom. The highest BCUT2D eigenvalue weighted by Crippen LogP contribution is 2.37. The summed E-state index contributed by atoms with van der Waals surface area (Å²) >= 11 is -0.182. The Morgan fingerprint density at radius 1 is 0.933 bits per heavy atom. The van der Waals surface area contributed by atoms with Crippen LogP contribution in [-0.4, -0.2) is 29.6 Å². The smallest absolute Gasteiger partial charge is 0.340 e. The third-order valence-corrected chi connectivity index (χ3v) is 6.34. The number of hydrogen-bond donors (Lipinski definition) is 2. The molecular weight excluding hydrogens is 437 g/mol. The van der Waals surface area contributed by atoms with Crippen molar-refractivity contribution in [2.45, 2.75) is 22.2 Å². The summed E-state index contributed by atoms with van der Waals surface area (Å²) in [5, 5.41) is 6.01. The van der Waals surface area contributed by atoms with Crippen molar-refractivity contribution >= 4 is 44.6 Å². The summed E-state index contributed by atoms with van der Waals surface area (Å²) in [5.41, 5.74) is -3.24. The first kappa shape index (κ1) is 21.9. The first-order valence-corrected chi connectivity index (χ1v) is 11.2. The van der Waals surface area contributed by atoms with Gasteiger partial charge in [0.2, 0.25) is 0 Å². The molecule has 0 unspecified atom stereocenters. The average molecular weight is 454 g/mol. The lowest BCUT2D eigenvalue weighted by atomic mass is 10.3. The quantitative estimate of drug-likeness (QED) is 0.464. The lowest BCUT2D eigenvalue weighted by Gasteiger charge is -2.10. The fourth-order valence-corrected chi connectivity index (χ4v) is 3.93. The molecule has 1 aromatic heterocycles. The molecule has 0 radical (unpaired) electrons. The number of alkyl halides is 3. The number of rotatable bonds is 7. The Kier molecular flexibility index (Phi) is 6.52. The molecule has 2 N–H and O–H groups in total. The number of sulfone groups is 1. The van der Waals surface area contributed by atoms with Gasteiger partial charge in [0, 0.05) is 22.3 Å². The van der Waals surface area contributed by atoms with Crippen LogP contribution in [0.4, 0.5) is 36.2 Å². The van der Waals surface area contributed by atoms with E-state index in [9.17, 15) is 21.6 Å². The Hall–Kier alpha value is -2.79. The molecular formula is C19H17F3N4O2S2. The zero-order valence-corrected chi connectivity index (χ0v) is 17.3. The third kappa shape index (κ3) is 6.10. The molecule has 158 valence electrons. The second kappa shape index (κ2) is 8.92. The molecule has 3 aromatic rings. The maximum absolute atomic E-state index is 12.4. The molecule has 0 amide bonds. The van der Waals surface area contributed by atoms with Crippen molar-refractivity contribution < 1.29 is 21.6 Å². The van der Waals surface area contributed by atoms with Crippen molar-refractivity contribution in [1.29, 1.82) is 0 Å². The van der Waals surface area contributed by atoms with Crippen LogP contribution in [0.5, 0.6) is 0 Å². The van der Waals surface area contributed by atoms with Crippen LogP contribution in [0.2, 0.25) is 0 Å². The molecule has 11 heteroatoms. The van der Waals surface area contributed by atoms with Crippen molar-refractivity contribution in [2.24, 2.45) is 0 Å². The minimum Gasteiger partial charge on any atom is -0.340 e. The van der Waals surface area contributed by atoms with Crippen molar-refractivity contribution in [1.82, 2.24) is 9.97 Å². The monoisotopic (exact) mass is 454 g/mol. The molecule has 0 fully saturated rings. The van der Waals surface area contributed by atoms with Crippen LogP contribution in [0.1, 0.15) is 6.92 Å². The molecule has 0 atom stereocenters. The summed E-state index contributed by atoms with van der Waals surface area (Å²) in [6, 6.07) is 13.7. The lowest BCUT2D eigenvalue weighted by Crippen LogP contribution is -2.04. The van der Waals surface area contributed by atoms with Gasteiger partial charge in [0.05, 0.1) is 10.6 Å². The van der Waals surface area contributed by atoms with Crippen molar-refractivity contribution in [2.75, 3.05) is 16.4 Å². The average Bonchev–Trinajstić information content (AvgIpc) is 2.69. The van der Waals surface area contributed by atoms with Gasteiger partial charge < -0.3 is 10.6 Å². The number of anilines is 4. The molecule has 0 bridgehead atoms. The van der Waals surface area contributed by atoms with E-state index < -0.39 is 15.3 Å². The minimum absolute atomic E-state index is 0.00169.